The zero-order valence-electron chi connectivity index (χ0n) is 4.77. The largest absolute Gasteiger partial charge is 0.430 e. The number of carbonyl (C=O) groups is 1. The Morgan fingerprint density at radius 2 is 2.33 bits per heavy atom. The third kappa shape index (κ3) is 3.98. The van der Waals surface area contributed by atoms with Gasteiger partial charge < -0.3 is 18.5 Å². The van der Waals surface area contributed by atoms with Crippen molar-refractivity contribution < 1.29 is 9.00 Å². The summed E-state index contributed by atoms with van der Waals surface area (Å²) in [5.74, 6) is 0. The summed E-state index contributed by atoms with van der Waals surface area (Å²) in [6, 6.07) is -0.809. The molecular weight excluding hydrogens is 141 g/mol. The Morgan fingerprint density at radius 1 is 1.89 bits per heavy atom. The van der Waals surface area contributed by atoms with E-state index in [2.05, 4.69) is 9.50 Å². The van der Waals surface area contributed by atoms with Crippen molar-refractivity contribution in [2.24, 2.45) is 9.50 Å². The number of amides is 2. The van der Waals surface area contributed by atoms with Gasteiger partial charge in [0.05, 0.1) is 0 Å². The molecule has 0 heterocycles. The van der Waals surface area contributed by atoms with E-state index in [-0.39, 0.29) is 0 Å². The second-order valence-electron chi connectivity index (χ2n) is 1.26. The average molecular weight is 146 g/mol. The van der Waals surface area contributed by atoms with Crippen LogP contribution in [0.4, 0.5) is 4.79 Å². The summed E-state index contributed by atoms with van der Waals surface area (Å²) in [5, 5.41) is 4.63. The maximum absolute atomic E-state index is 10.3. The van der Waals surface area contributed by atoms with E-state index in [0.717, 1.165) is 0 Å². The van der Waals surface area contributed by atoms with Gasteiger partial charge in [0, 0.05) is 0 Å². The molecule has 0 aliphatic heterocycles. The maximum atomic E-state index is 10.3. The summed E-state index contributed by atoms with van der Waals surface area (Å²) < 4.78 is 12.9. The van der Waals surface area contributed by atoms with E-state index in [1.54, 1.807) is 0 Å². The second-order valence-corrected chi connectivity index (χ2v) is 2.00. The highest BCUT2D eigenvalue weighted by Crippen LogP contribution is 1.80. The van der Waals surface area contributed by atoms with E-state index < -0.39 is 16.8 Å². The first-order valence-corrected chi connectivity index (χ1v) is 3.11. The Balaban J connectivity index is 4.10. The number of nitrogens with zero attached hydrogens (tertiary/aromatic N) is 2. The fraction of sp³-hybridized carbons (Fsp3) is 0.500. The lowest BCUT2D eigenvalue weighted by atomic mass is 10.4. The highest BCUT2D eigenvalue weighted by atomic mass is 32.2. The molecule has 2 radical (unpaired) electrons. The molecule has 7 heteroatoms. The Morgan fingerprint density at radius 3 is 2.44 bits per heavy atom. The van der Waals surface area contributed by atoms with Crippen LogP contribution in [-0.4, -0.2) is 25.9 Å². The van der Waals surface area contributed by atoms with Crippen LogP contribution in [-0.2, 0) is 15.0 Å². The van der Waals surface area contributed by atoms with Crippen LogP contribution in [0.15, 0.2) is 4.36 Å². The van der Waals surface area contributed by atoms with Gasteiger partial charge in [0.1, 0.15) is 0 Å². The van der Waals surface area contributed by atoms with Crippen LogP contribution in [0.1, 0.15) is 0 Å². The average Bonchev–Trinajstić information content (AvgIpc) is 1.63. The van der Waals surface area contributed by atoms with Crippen molar-refractivity contribution in [1.29, 1.82) is 0 Å². The van der Waals surface area contributed by atoms with Crippen molar-refractivity contribution in [2.45, 2.75) is 0 Å². The molecule has 0 aliphatic rings. The number of hydrogen-bond acceptors (Lipinski definition) is 3. The van der Waals surface area contributed by atoms with E-state index in [0.29, 0.717) is 4.81 Å². The second kappa shape index (κ2) is 3.47. The monoisotopic (exact) mass is 146 g/mol. The van der Waals surface area contributed by atoms with Crippen molar-refractivity contribution in [3.8, 4) is 0 Å². The van der Waals surface area contributed by atoms with Crippen LogP contribution in [0, 0.1) is 0 Å². The van der Waals surface area contributed by atoms with E-state index in [9.17, 15) is 9.00 Å². The van der Waals surface area contributed by atoms with E-state index in [1.807, 2.05) is 0 Å². The summed E-state index contributed by atoms with van der Waals surface area (Å²) in [6.45, 7) is 0. The van der Waals surface area contributed by atoms with E-state index in [4.69, 9.17) is 7.98 Å². The van der Waals surface area contributed by atoms with Crippen LogP contribution in [0.5, 0.6) is 0 Å². The van der Waals surface area contributed by atoms with Gasteiger partial charge in [0.2, 0.25) is 7.98 Å². The minimum atomic E-state index is -1.96. The quantitative estimate of drug-likeness (QED) is 0.356. The van der Waals surface area contributed by atoms with Gasteiger partial charge in [-0.15, -0.1) is 10.8 Å². The van der Waals surface area contributed by atoms with Gasteiger partial charge in [-0.1, -0.05) is 0 Å². The first-order chi connectivity index (χ1) is 4.04. The standard InChI is InChI=1S/C2H5BN3O2S/c1-6(3)2(7)5-9(4)8/h1H3,(H2,4,5,7,8)/q-1. The number of urea groups is 1. The number of rotatable bonds is 0. The molecule has 5 nitrogen and oxygen atoms in total. The van der Waals surface area contributed by atoms with Gasteiger partial charge in [-0.3, -0.25) is 0 Å². The Labute approximate surface area is 56.0 Å². The van der Waals surface area contributed by atoms with Crippen molar-refractivity contribution in [1.82, 2.24) is 4.81 Å². The van der Waals surface area contributed by atoms with Gasteiger partial charge in [0.25, 0.3) is 0 Å². The molecule has 2 N–H and O–H groups in total. The summed E-state index contributed by atoms with van der Waals surface area (Å²) >= 11 is 0. The Kier molecular flexibility index (Phi) is 3.25. The molecule has 0 aromatic heterocycles. The molecule has 0 rings (SSSR count). The third-order valence-electron chi connectivity index (χ3n) is 0.470. The topological polar surface area (TPSA) is 75.8 Å². The van der Waals surface area contributed by atoms with Gasteiger partial charge >= 0.3 is 6.03 Å². The fourth-order valence-corrected chi connectivity index (χ4v) is 0.424. The number of nitrogens with two attached hydrogens (primary N) is 1. The molecule has 0 aromatic carbocycles. The predicted octanol–water partition coefficient (Wildman–Crippen LogP) is -0.857. The molecule has 0 atom stereocenters. The smallest absolute Gasteiger partial charge is 0.307 e. The van der Waals surface area contributed by atoms with Gasteiger partial charge in [-0.2, -0.15) is 0 Å². The zero-order chi connectivity index (χ0) is 7.44. The Hall–Kier alpha value is -0.555. The Bertz CT molecular complexity index is 184. The maximum Gasteiger partial charge on any atom is 0.307 e. The number of carbonyl (C=O) groups excluding carboxylic acids is 1. The normalized spacial score (nSPS) is 13.1. The first kappa shape index (κ1) is 8.44. The molecular formula is C2H5BN3O2S-. The minimum absolute atomic E-state index is 0.685. The predicted molar refractivity (Wildman–Crippen MR) is 33.6 cm³/mol. The molecule has 0 saturated heterocycles. The molecule has 0 unspecified atom stereocenters. The van der Waals surface area contributed by atoms with Crippen LogP contribution >= 0.6 is 0 Å². The van der Waals surface area contributed by atoms with Gasteiger partial charge in [0.15, 0.2) is 0 Å². The van der Waals surface area contributed by atoms with Crippen molar-refractivity contribution in [2.75, 3.05) is 7.05 Å². The zero-order valence-corrected chi connectivity index (χ0v) is 5.59. The van der Waals surface area contributed by atoms with Gasteiger partial charge in [-0.05, 0) is 7.05 Å². The third-order valence-corrected chi connectivity index (χ3v) is 0.806. The van der Waals surface area contributed by atoms with Crippen LogP contribution in [0.25, 0.3) is 0 Å². The molecule has 0 aromatic rings. The highest BCUT2D eigenvalue weighted by molar-refractivity contribution is 7.72. The van der Waals surface area contributed by atoms with Gasteiger partial charge in [-0.25, -0.2) is 4.79 Å². The molecule has 0 fully saturated rings. The molecule has 0 bridgehead atoms. The van der Waals surface area contributed by atoms with Crippen LogP contribution < -0.4 is 5.14 Å². The van der Waals surface area contributed by atoms with E-state index >= 15 is 0 Å². The van der Waals surface area contributed by atoms with Crippen molar-refractivity contribution >= 4 is 24.8 Å². The summed E-state index contributed by atoms with van der Waals surface area (Å²) in [6.07, 6.45) is 0. The van der Waals surface area contributed by atoms with Crippen LogP contribution in [0.2, 0.25) is 0 Å². The fourth-order valence-electron chi connectivity index (χ4n) is 0.141. The first-order valence-electron chi connectivity index (χ1n) is 1.94. The molecule has 0 aliphatic carbocycles. The lowest BCUT2D eigenvalue weighted by molar-refractivity contribution is 0.239. The number of hydrogen-bond donors (Lipinski definition) is 1. The van der Waals surface area contributed by atoms with Crippen molar-refractivity contribution in [3.63, 3.8) is 0 Å². The molecule has 9 heavy (non-hydrogen) atoms. The summed E-state index contributed by atoms with van der Waals surface area (Å²) in [4.78, 5) is 11.0. The molecule has 2 amide bonds. The lowest BCUT2D eigenvalue weighted by Gasteiger charge is -2.06. The summed E-state index contributed by atoms with van der Waals surface area (Å²) in [5.41, 5.74) is 0. The molecule has 0 saturated carbocycles. The SMILES string of the molecule is [B]N(C)C(=O)N=[S-](N)=O. The van der Waals surface area contributed by atoms with Crippen LogP contribution in [0.3, 0.4) is 0 Å². The highest BCUT2D eigenvalue weighted by Gasteiger charge is 1.92. The van der Waals surface area contributed by atoms with E-state index in [1.165, 1.54) is 7.05 Å². The lowest BCUT2D eigenvalue weighted by Crippen LogP contribution is -2.20. The summed E-state index contributed by atoms with van der Waals surface area (Å²) in [7, 11) is 4.20. The molecule has 0 spiro atoms. The molecule has 50 valence electrons. The van der Waals surface area contributed by atoms with Crippen molar-refractivity contribution in [3.05, 3.63) is 0 Å². The minimum Gasteiger partial charge on any atom is -0.430 e.